The van der Waals surface area contributed by atoms with Gasteiger partial charge in [-0.15, -0.1) is 0 Å². The second-order valence-corrected chi connectivity index (χ2v) is 6.10. The van der Waals surface area contributed by atoms with E-state index in [9.17, 15) is 18.0 Å². The standard InChI is InChI=1S/C14H12N2O7S/c15-8-3-1-7(2-4-8)14(19)23-12-10(13(17)18)5-9(6-11(12)16)24(20,21)22/h1-6H,15-16H2,(H,17,18)(H,20,21,22). The first-order valence-electron chi connectivity index (χ1n) is 6.31. The number of carboxylic acid groups (broad SMARTS) is 1. The molecule has 24 heavy (non-hydrogen) atoms. The Balaban J connectivity index is 2.48. The predicted octanol–water partition coefficient (Wildman–Crippen LogP) is 1.02. The van der Waals surface area contributed by atoms with E-state index in [4.69, 9.17) is 25.9 Å². The molecular weight excluding hydrogens is 340 g/mol. The van der Waals surface area contributed by atoms with Crippen molar-refractivity contribution in [3.05, 3.63) is 47.5 Å². The molecule has 0 aliphatic heterocycles. The van der Waals surface area contributed by atoms with E-state index in [1.807, 2.05) is 0 Å². The summed E-state index contributed by atoms with van der Waals surface area (Å²) in [4.78, 5) is 22.6. The van der Waals surface area contributed by atoms with E-state index < -0.39 is 44.0 Å². The van der Waals surface area contributed by atoms with Crippen LogP contribution in [-0.4, -0.2) is 30.0 Å². The van der Waals surface area contributed by atoms with Crippen molar-refractivity contribution in [3.63, 3.8) is 0 Å². The highest BCUT2D eigenvalue weighted by molar-refractivity contribution is 7.85. The summed E-state index contributed by atoms with van der Waals surface area (Å²) in [5.74, 6) is -3.03. The topological polar surface area (TPSA) is 170 Å². The number of nitrogens with two attached hydrogens (primary N) is 2. The van der Waals surface area contributed by atoms with Gasteiger partial charge in [0.05, 0.1) is 16.1 Å². The first-order valence-corrected chi connectivity index (χ1v) is 7.75. The van der Waals surface area contributed by atoms with E-state index in [0.29, 0.717) is 11.8 Å². The lowest BCUT2D eigenvalue weighted by molar-refractivity contribution is 0.0681. The second-order valence-electron chi connectivity index (χ2n) is 4.68. The van der Waals surface area contributed by atoms with Crippen LogP contribution in [0, 0.1) is 0 Å². The monoisotopic (exact) mass is 352 g/mol. The largest absolute Gasteiger partial charge is 0.478 e. The molecule has 2 aromatic carbocycles. The van der Waals surface area contributed by atoms with E-state index in [-0.39, 0.29) is 5.56 Å². The predicted molar refractivity (Wildman–Crippen MR) is 83.4 cm³/mol. The Morgan fingerprint density at radius 1 is 1.04 bits per heavy atom. The Labute approximate surface area is 136 Å². The van der Waals surface area contributed by atoms with Crippen LogP contribution in [0.3, 0.4) is 0 Å². The van der Waals surface area contributed by atoms with E-state index in [1.54, 1.807) is 0 Å². The molecule has 0 spiro atoms. The van der Waals surface area contributed by atoms with Gasteiger partial charge in [-0.3, -0.25) is 4.55 Å². The van der Waals surface area contributed by atoms with Gasteiger partial charge in [0.2, 0.25) is 0 Å². The maximum Gasteiger partial charge on any atom is 0.343 e. The fourth-order valence-electron chi connectivity index (χ4n) is 1.82. The van der Waals surface area contributed by atoms with Crippen LogP contribution in [0.15, 0.2) is 41.3 Å². The number of carbonyl (C=O) groups is 2. The Bertz CT molecular complexity index is 921. The first-order chi connectivity index (χ1) is 11.1. The third kappa shape index (κ3) is 3.62. The molecule has 9 nitrogen and oxygen atoms in total. The molecule has 0 bridgehead atoms. The third-order valence-corrected chi connectivity index (χ3v) is 3.79. The molecular formula is C14H12N2O7S. The molecule has 0 fully saturated rings. The van der Waals surface area contributed by atoms with Crippen LogP contribution in [0.5, 0.6) is 5.75 Å². The van der Waals surface area contributed by atoms with Gasteiger partial charge in [-0.2, -0.15) is 8.42 Å². The number of hydrogen-bond acceptors (Lipinski definition) is 7. The molecule has 0 saturated carbocycles. The quantitative estimate of drug-likeness (QED) is 0.271. The van der Waals surface area contributed by atoms with Crippen LogP contribution in [-0.2, 0) is 10.1 Å². The number of anilines is 2. The van der Waals surface area contributed by atoms with Gasteiger partial charge in [0, 0.05) is 5.69 Å². The van der Waals surface area contributed by atoms with Gasteiger partial charge in [0.1, 0.15) is 5.56 Å². The molecule has 0 amide bonds. The van der Waals surface area contributed by atoms with E-state index in [2.05, 4.69) is 0 Å². The number of benzene rings is 2. The molecule has 2 rings (SSSR count). The molecule has 0 heterocycles. The lowest BCUT2D eigenvalue weighted by atomic mass is 10.1. The number of carboxylic acids is 1. The molecule has 0 aromatic heterocycles. The molecule has 2 aromatic rings. The molecule has 0 saturated heterocycles. The van der Waals surface area contributed by atoms with Gasteiger partial charge in [-0.1, -0.05) is 0 Å². The Morgan fingerprint density at radius 3 is 2.12 bits per heavy atom. The summed E-state index contributed by atoms with van der Waals surface area (Å²) < 4.78 is 36.2. The number of nitrogen functional groups attached to an aromatic ring is 2. The van der Waals surface area contributed by atoms with Crippen molar-refractivity contribution >= 4 is 33.4 Å². The highest BCUT2D eigenvalue weighted by Gasteiger charge is 2.23. The van der Waals surface area contributed by atoms with Gasteiger partial charge in [0.15, 0.2) is 5.75 Å². The number of aromatic carboxylic acids is 1. The van der Waals surface area contributed by atoms with Crippen molar-refractivity contribution in [2.24, 2.45) is 0 Å². The molecule has 10 heteroatoms. The molecule has 0 unspecified atom stereocenters. The summed E-state index contributed by atoms with van der Waals surface area (Å²) in [7, 11) is -4.68. The average Bonchev–Trinajstić information content (AvgIpc) is 2.48. The van der Waals surface area contributed by atoms with Crippen molar-refractivity contribution in [2.45, 2.75) is 4.90 Å². The Hall–Kier alpha value is -3.11. The van der Waals surface area contributed by atoms with Crippen LogP contribution in [0.1, 0.15) is 20.7 Å². The maximum atomic E-state index is 12.1. The molecule has 0 radical (unpaired) electrons. The van der Waals surface area contributed by atoms with E-state index in [0.717, 1.165) is 6.07 Å². The van der Waals surface area contributed by atoms with Crippen molar-refractivity contribution in [1.82, 2.24) is 0 Å². The summed E-state index contributed by atoms with van der Waals surface area (Å²) >= 11 is 0. The Morgan fingerprint density at radius 2 is 1.62 bits per heavy atom. The van der Waals surface area contributed by atoms with Crippen molar-refractivity contribution in [2.75, 3.05) is 11.5 Å². The fraction of sp³-hybridized carbons (Fsp3) is 0. The second kappa shape index (κ2) is 6.18. The van der Waals surface area contributed by atoms with Crippen LogP contribution >= 0.6 is 0 Å². The number of carbonyl (C=O) groups excluding carboxylic acids is 1. The fourth-order valence-corrected chi connectivity index (χ4v) is 2.36. The number of ether oxygens (including phenoxy) is 1. The van der Waals surface area contributed by atoms with Crippen molar-refractivity contribution in [3.8, 4) is 5.75 Å². The van der Waals surface area contributed by atoms with Gasteiger partial charge in [0.25, 0.3) is 10.1 Å². The van der Waals surface area contributed by atoms with Crippen LogP contribution in [0.4, 0.5) is 11.4 Å². The minimum atomic E-state index is -4.68. The minimum Gasteiger partial charge on any atom is -0.478 e. The molecule has 0 aliphatic carbocycles. The summed E-state index contributed by atoms with van der Waals surface area (Å²) in [6.45, 7) is 0. The normalized spacial score (nSPS) is 11.0. The van der Waals surface area contributed by atoms with Crippen molar-refractivity contribution in [1.29, 1.82) is 0 Å². The lowest BCUT2D eigenvalue weighted by Crippen LogP contribution is -2.14. The number of hydrogen-bond donors (Lipinski definition) is 4. The van der Waals surface area contributed by atoms with E-state index in [1.165, 1.54) is 24.3 Å². The molecule has 126 valence electrons. The third-order valence-electron chi connectivity index (χ3n) is 2.96. The van der Waals surface area contributed by atoms with Gasteiger partial charge >= 0.3 is 11.9 Å². The number of esters is 1. The van der Waals surface area contributed by atoms with Gasteiger partial charge in [-0.05, 0) is 36.4 Å². The van der Waals surface area contributed by atoms with Crippen LogP contribution < -0.4 is 16.2 Å². The smallest absolute Gasteiger partial charge is 0.343 e. The van der Waals surface area contributed by atoms with Crippen molar-refractivity contribution < 1.29 is 32.4 Å². The average molecular weight is 352 g/mol. The van der Waals surface area contributed by atoms with Gasteiger partial charge < -0.3 is 21.3 Å². The summed E-state index contributed by atoms with van der Waals surface area (Å²) in [5.41, 5.74) is 10.4. The first kappa shape index (κ1) is 17.2. The summed E-state index contributed by atoms with van der Waals surface area (Å²) in [6, 6.07) is 7.04. The molecule has 0 aliphatic rings. The van der Waals surface area contributed by atoms with Crippen LogP contribution in [0.25, 0.3) is 0 Å². The maximum absolute atomic E-state index is 12.1. The Kier molecular flexibility index (Phi) is 4.44. The van der Waals surface area contributed by atoms with E-state index >= 15 is 0 Å². The lowest BCUT2D eigenvalue weighted by Gasteiger charge is -2.12. The highest BCUT2D eigenvalue weighted by Crippen LogP contribution is 2.31. The zero-order valence-electron chi connectivity index (χ0n) is 12.0. The summed E-state index contributed by atoms with van der Waals surface area (Å²) in [6.07, 6.45) is 0. The minimum absolute atomic E-state index is 0.0822. The zero-order chi connectivity index (χ0) is 18.1. The SMILES string of the molecule is Nc1ccc(C(=O)Oc2c(N)cc(S(=O)(=O)O)cc2C(=O)O)cc1. The highest BCUT2D eigenvalue weighted by atomic mass is 32.2. The zero-order valence-corrected chi connectivity index (χ0v) is 12.8. The van der Waals surface area contributed by atoms with Crippen LogP contribution in [0.2, 0.25) is 0 Å². The number of rotatable bonds is 4. The molecule has 6 N–H and O–H groups in total. The summed E-state index contributed by atoms with van der Waals surface area (Å²) in [5, 5.41) is 9.16. The van der Waals surface area contributed by atoms with Gasteiger partial charge in [-0.25, -0.2) is 9.59 Å². The molecule has 0 atom stereocenters.